The topological polar surface area (TPSA) is 146 Å². The number of amidine groups is 1. The van der Waals surface area contributed by atoms with Crippen molar-refractivity contribution in [1.29, 1.82) is 0 Å². The van der Waals surface area contributed by atoms with Gasteiger partial charge in [0.1, 0.15) is 5.70 Å². The zero-order valence-corrected chi connectivity index (χ0v) is 21.0. The third-order valence-corrected chi connectivity index (χ3v) is 6.39. The summed E-state index contributed by atoms with van der Waals surface area (Å²) in [6, 6.07) is 14.8. The van der Waals surface area contributed by atoms with E-state index in [2.05, 4.69) is 51.0 Å². The predicted molar refractivity (Wildman–Crippen MR) is 146 cm³/mol. The number of aliphatic imine (C=N–C) groups is 1. The van der Waals surface area contributed by atoms with Gasteiger partial charge in [0.25, 0.3) is 5.91 Å². The molecule has 0 atom stereocenters. The molecule has 1 aliphatic rings. The molecule has 14 heteroatoms. The largest absolute Gasteiger partial charge is 0.300 e. The van der Waals surface area contributed by atoms with Gasteiger partial charge >= 0.3 is 0 Å². The zero-order chi connectivity index (χ0) is 25.7. The first-order chi connectivity index (χ1) is 18.7. The van der Waals surface area contributed by atoms with E-state index in [1.54, 1.807) is 36.8 Å². The number of pyridine rings is 1. The van der Waals surface area contributed by atoms with Gasteiger partial charge in [0.2, 0.25) is 17.8 Å². The van der Waals surface area contributed by atoms with Crippen LogP contribution in [0, 0.1) is 0 Å². The van der Waals surface area contributed by atoms with E-state index >= 15 is 0 Å². The Bertz CT molecular complexity index is 1550. The smallest absolute Gasteiger partial charge is 0.297 e. The molecule has 1 amide bonds. The van der Waals surface area contributed by atoms with Gasteiger partial charge in [-0.25, -0.2) is 15.0 Å². The molecule has 1 aromatic carbocycles. The summed E-state index contributed by atoms with van der Waals surface area (Å²) in [4.78, 5) is 44.2. The van der Waals surface area contributed by atoms with Gasteiger partial charge in [-0.3, -0.25) is 25.8 Å². The molecule has 0 saturated carbocycles. The van der Waals surface area contributed by atoms with Crippen LogP contribution >= 0.6 is 22.7 Å². The van der Waals surface area contributed by atoms with Gasteiger partial charge in [-0.1, -0.05) is 36.4 Å². The van der Waals surface area contributed by atoms with Crippen LogP contribution < -0.4 is 16.1 Å². The van der Waals surface area contributed by atoms with Crippen LogP contribution in [0.4, 0.5) is 28.1 Å². The van der Waals surface area contributed by atoms with E-state index in [4.69, 9.17) is 0 Å². The number of nitrogens with zero attached hydrogens (tertiary/aromatic N) is 8. The Hall–Kier alpha value is -5.08. The second-order valence-electron chi connectivity index (χ2n) is 7.57. The fourth-order valence-corrected chi connectivity index (χ4v) is 4.45. The summed E-state index contributed by atoms with van der Waals surface area (Å²) in [7, 11) is 0. The lowest BCUT2D eigenvalue weighted by Crippen LogP contribution is -2.38. The van der Waals surface area contributed by atoms with E-state index in [-0.39, 0.29) is 23.5 Å². The number of nitrogens with one attached hydrogen (secondary N) is 3. The lowest BCUT2D eigenvalue weighted by molar-refractivity contribution is -0.121. The van der Waals surface area contributed by atoms with Gasteiger partial charge in [0.05, 0.1) is 5.69 Å². The molecule has 0 saturated heterocycles. The maximum atomic E-state index is 13.5. The maximum Gasteiger partial charge on any atom is 0.297 e. The number of benzene rings is 1. The second-order valence-corrected chi connectivity index (χ2v) is 9.36. The Morgan fingerprint density at radius 1 is 0.737 bits per heavy atom. The van der Waals surface area contributed by atoms with E-state index in [0.29, 0.717) is 21.8 Å². The van der Waals surface area contributed by atoms with E-state index in [9.17, 15) is 4.79 Å². The fourth-order valence-electron chi connectivity index (χ4n) is 3.40. The number of anilines is 5. The molecule has 0 bridgehead atoms. The highest BCUT2D eigenvalue weighted by Crippen LogP contribution is 2.24. The normalized spacial score (nSPS) is 14.0. The first-order valence-electron chi connectivity index (χ1n) is 11.2. The molecule has 5 aromatic rings. The summed E-state index contributed by atoms with van der Waals surface area (Å²) in [5, 5.41) is 12.3. The quantitative estimate of drug-likeness (QED) is 0.244. The summed E-state index contributed by atoms with van der Waals surface area (Å²) in [6.07, 6.45) is 6.62. The van der Waals surface area contributed by atoms with E-state index in [0.717, 1.165) is 5.56 Å². The third-order valence-electron chi connectivity index (χ3n) is 5.01. The molecule has 3 N–H and O–H groups in total. The van der Waals surface area contributed by atoms with Gasteiger partial charge < -0.3 is 0 Å². The van der Waals surface area contributed by atoms with Gasteiger partial charge in [0, 0.05) is 34.9 Å². The summed E-state index contributed by atoms with van der Waals surface area (Å²) in [5.41, 5.74) is 4.57. The summed E-state index contributed by atoms with van der Waals surface area (Å²) < 4.78 is 0. The van der Waals surface area contributed by atoms with Crippen molar-refractivity contribution in [3.63, 3.8) is 0 Å². The SMILES string of the molecule is O=C1/C(=C\c2ccccn2)N=C(c2ccccc2)N1Nc1nc(Nc2nccs2)nc(Nc2nccs2)n1. The van der Waals surface area contributed by atoms with Crippen molar-refractivity contribution < 1.29 is 4.79 Å². The molecule has 0 radical (unpaired) electrons. The zero-order valence-electron chi connectivity index (χ0n) is 19.4. The molecule has 12 nitrogen and oxygen atoms in total. The van der Waals surface area contributed by atoms with Crippen LogP contribution in [0.5, 0.6) is 0 Å². The molecule has 186 valence electrons. The van der Waals surface area contributed by atoms with Crippen molar-refractivity contribution in [2.75, 3.05) is 16.1 Å². The number of rotatable bonds is 8. The van der Waals surface area contributed by atoms with Crippen LogP contribution in [0.3, 0.4) is 0 Å². The van der Waals surface area contributed by atoms with E-state index in [1.165, 1.54) is 27.7 Å². The Labute approximate surface area is 223 Å². The molecule has 38 heavy (non-hydrogen) atoms. The molecular weight excluding hydrogens is 522 g/mol. The molecule has 5 heterocycles. The number of hydrogen-bond donors (Lipinski definition) is 3. The van der Waals surface area contributed by atoms with Crippen LogP contribution in [-0.4, -0.2) is 46.7 Å². The minimum absolute atomic E-state index is 0.106. The highest BCUT2D eigenvalue weighted by atomic mass is 32.1. The molecule has 0 aliphatic carbocycles. The summed E-state index contributed by atoms with van der Waals surface area (Å²) in [6.45, 7) is 0. The van der Waals surface area contributed by atoms with Crippen LogP contribution in [0.25, 0.3) is 6.08 Å². The third kappa shape index (κ3) is 5.21. The highest BCUT2D eigenvalue weighted by Gasteiger charge is 2.32. The van der Waals surface area contributed by atoms with Gasteiger partial charge in [-0.15, -0.1) is 22.7 Å². The van der Waals surface area contributed by atoms with Crippen LogP contribution in [0.2, 0.25) is 0 Å². The average Bonchev–Trinajstić information content (AvgIpc) is 3.70. The maximum absolute atomic E-state index is 13.5. The number of amides is 1. The number of hydrazine groups is 1. The minimum atomic E-state index is -0.390. The molecule has 0 spiro atoms. The number of aromatic nitrogens is 6. The highest BCUT2D eigenvalue weighted by molar-refractivity contribution is 7.13. The molecule has 1 aliphatic heterocycles. The first kappa shape index (κ1) is 23.3. The van der Waals surface area contributed by atoms with Crippen molar-refractivity contribution in [3.8, 4) is 0 Å². The van der Waals surface area contributed by atoms with Gasteiger partial charge in [0.15, 0.2) is 16.1 Å². The lowest BCUT2D eigenvalue weighted by atomic mass is 10.2. The standard InChI is InChI=1S/C24H17N11OS2/c36-19-17(14-16-8-4-5-9-25-16)28-18(15-6-2-1-3-7-15)35(19)34-22-30-20(32-23-26-10-12-37-23)29-21(31-22)33-24-27-11-13-38-24/h1-14H,(H3,26,27,29,30,31,32,33,34)/b17-14+. The van der Waals surface area contributed by atoms with E-state index in [1.807, 2.05) is 47.2 Å². The van der Waals surface area contributed by atoms with Crippen molar-refractivity contribution in [2.45, 2.75) is 0 Å². The van der Waals surface area contributed by atoms with Crippen LogP contribution in [0.15, 0.2) is 88.6 Å². The monoisotopic (exact) mass is 539 g/mol. The average molecular weight is 540 g/mol. The molecule has 0 fully saturated rings. The Kier molecular flexibility index (Phi) is 6.44. The molecule has 4 aromatic heterocycles. The molecular formula is C24H17N11OS2. The number of hydrogen-bond acceptors (Lipinski definition) is 13. The second kappa shape index (κ2) is 10.5. The molecule has 0 unspecified atom stereocenters. The number of carbonyl (C=O) groups excluding carboxylic acids is 1. The molecule has 6 rings (SSSR count). The summed E-state index contributed by atoms with van der Waals surface area (Å²) in [5.74, 6) is 0.561. The van der Waals surface area contributed by atoms with Gasteiger partial charge in [-0.05, 0) is 18.2 Å². The van der Waals surface area contributed by atoms with E-state index < -0.39 is 5.91 Å². The van der Waals surface area contributed by atoms with Gasteiger partial charge in [-0.2, -0.15) is 20.0 Å². The lowest BCUT2D eigenvalue weighted by Gasteiger charge is -2.19. The summed E-state index contributed by atoms with van der Waals surface area (Å²) >= 11 is 2.79. The van der Waals surface area contributed by atoms with Crippen molar-refractivity contribution in [2.24, 2.45) is 4.99 Å². The van der Waals surface area contributed by atoms with Crippen molar-refractivity contribution in [3.05, 3.63) is 94.8 Å². The Morgan fingerprint density at radius 2 is 1.39 bits per heavy atom. The number of thiazole rings is 2. The number of carbonyl (C=O) groups is 1. The first-order valence-corrected chi connectivity index (χ1v) is 12.9. The van der Waals surface area contributed by atoms with Crippen LogP contribution in [-0.2, 0) is 4.79 Å². The van der Waals surface area contributed by atoms with Crippen molar-refractivity contribution >= 4 is 68.6 Å². The fraction of sp³-hybridized carbons (Fsp3) is 0. The van der Waals surface area contributed by atoms with Crippen LogP contribution in [0.1, 0.15) is 11.3 Å². The van der Waals surface area contributed by atoms with Crippen molar-refractivity contribution in [1.82, 2.24) is 34.9 Å². The minimum Gasteiger partial charge on any atom is -0.300 e. The predicted octanol–water partition coefficient (Wildman–Crippen LogP) is 4.32. The Balaban J connectivity index is 1.36. The Morgan fingerprint density at radius 3 is 2.00 bits per heavy atom.